The maximum absolute atomic E-state index is 11.2. The van der Waals surface area contributed by atoms with Gasteiger partial charge in [0.15, 0.2) is 0 Å². The fourth-order valence-corrected chi connectivity index (χ4v) is 1.34. The Balaban J connectivity index is 2.86. The van der Waals surface area contributed by atoms with E-state index in [0.29, 0.717) is 6.42 Å². The molecule has 0 radical (unpaired) electrons. The average molecular weight is 233 g/mol. The highest BCUT2D eigenvalue weighted by Gasteiger charge is 2.02. The summed E-state index contributed by atoms with van der Waals surface area (Å²) in [6.07, 6.45) is 3.03. The van der Waals surface area contributed by atoms with Crippen molar-refractivity contribution in [1.82, 2.24) is 0 Å². The summed E-state index contributed by atoms with van der Waals surface area (Å²) in [6, 6.07) is 5.35. The predicted octanol–water partition coefficient (Wildman–Crippen LogP) is 2.44. The summed E-state index contributed by atoms with van der Waals surface area (Å²) in [5, 5.41) is 11.3. The predicted molar refractivity (Wildman–Crippen MR) is 66.8 cm³/mol. The molecule has 0 saturated carbocycles. The van der Waals surface area contributed by atoms with Crippen molar-refractivity contribution >= 4 is 23.6 Å². The number of carboxylic acids is 1. The SMILES string of the molecule is CCC(=O)Nc1ccc(C=CC(=O)O)cc1C. The van der Waals surface area contributed by atoms with E-state index in [9.17, 15) is 9.59 Å². The number of amides is 1. The van der Waals surface area contributed by atoms with Crippen LogP contribution in [-0.2, 0) is 9.59 Å². The summed E-state index contributed by atoms with van der Waals surface area (Å²) in [7, 11) is 0. The largest absolute Gasteiger partial charge is 0.478 e. The standard InChI is InChI=1S/C13H15NO3/c1-3-12(15)14-11-6-4-10(8-9(11)2)5-7-13(16)17/h4-8H,3H2,1-2H3,(H,14,15)(H,16,17). The van der Waals surface area contributed by atoms with Crippen LogP contribution in [0.15, 0.2) is 24.3 Å². The van der Waals surface area contributed by atoms with Crippen LogP contribution in [0.5, 0.6) is 0 Å². The van der Waals surface area contributed by atoms with Gasteiger partial charge < -0.3 is 10.4 Å². The second-order valence-electron chi connectivity index (χ2n) is 3.65. The second-order valence-corrected chi connectivity index (χ2v) is 3.65. The van der Waals surface area contributed by atoms with E-state index >= 15 is 0 Å². The molecule has 1 aromatic carbocycles. The number of carboxylic acid groups (broad SMARTS) is 1. The molecule has 0 heterocycles. The Hall–Kier alpha value is -2.10. The molecule has 0 unspecified atom stereocenters. The van der Waals surface area contributed by atoms with E-state index in [1.165, 1.54) is 6.08 Å². The minimum Gasteiger partial charge on any atom is -0.478 e. The van der Waals surface area contributed by atoms with Crippen LogP contribution in [0, 0.1) is 6.92 Å². The van der Waals surface area contributed by atoms with E-state index in [4.69, 9.17) is 5.11 Å². The lowest BCUT2D eigenvalue weighted by Gasteiger charge is -2.07. The molecule has 0 saturated heterocycles. The molecule has 90 valence electrons. The van der Waals surface area contributed by atoms with Gasteiger partial charge in [0.2, 0.25) is 5.91 Å². The number of nitrogens with one attached hydrogen (secondary N) is 1. The number of aliphatic carboxylic acids is 1. The van der Waals surface area contributed by atoms with Gasteiger partial charge >= 0.3 is 5.97 Å². The normalized spacial score (nSPS) is 10.5. The minimum absolute atomic E-state index is 0.0399. The van der Waals surface area contributed by atoms with Crippen LogP contribution in [0.4, 0.5) is 5.69 Å². The van der Waals surface area contributed by atoms with Gasteiger partial charge in [-0.25, -0.2) is 4.79 Å². The molecule has 0 aliphatic rings. The number of carbonyl (C=O) groups excluding carboxylic acids is 1. The van der Waals surface area contributed by atoms with Crippen LogP contribution >= 0.6 is 0 Å². The number of rotatable bonds is 4. The minimum atomic E-state index is -0.981. The fourth-order valence-electron chi connectivity index (χ4n) is 1.34. The highest BCUT2D eigenvalue weighted by Crippen LogP contribution is 2.17. The zero-order valence-electron chi connectivity index (χ0n) is 9.86. The molecule has 0 atom stereocenters. The molecule has 0 spiro atoms. The Morgan fingerprint density at radius 2 is 2.12 bits per heavy atom. The molecule has 17 heavy (non-hydrogen) atoms. The number of hydrogen-bond acceptors (Lipinski definition) is 2. The third-order valence-corrected chi connectivity index (χ3v) is 2.26. The van der Waals surface area contributed by atoms with Gasteiger partial charge in [0.05, 0.1) is 0 Å². The molecule has 0 fully saturated rings. The molecular weight excluding hydrogens is 218 g/mol. The molecule has 0 aromatic heterocycles. The van der Waals surface area contributed by atoms with Gasteiger partial charge in [-0.15, -0.1) is 0 Å². The van der Waals surface area contributed by atoms with Crippen molar-refractivity contribution in [2.24, 2.45) is 0 Å². The van der Waals surface area contributed by atoms with Gasteiger partial charge in [0.1, 0.15) is 0 Å². The van der Waals surface area contributed by atoms with Crippen molar-refractivity contribution in [3.05, 3.63) is 35.4 Å². The van der Waals surface area contributed by atoms with Crippen LogP contribution in [0.1, 0.15) is 24.5 Å². The molecule has 1 amide bonds. The van der Waals surface area contributed by atoms with Gasteiger partial charge in [-0.1, -0.05) is 13.0 Å². The maximum Gasteiger partial charge on any atom is 0.328 e. The number of aryl methyl sites for hydroxylation is 1. The van der Waals surface area contributed by atoms with Gasteiger partial charge in [0, 0.05) is 18.2 Å². The first kappa shape index (κ1) is 13.0. The summed E-state index contributed by atoms with van der Waals surface area (Å²) >= 11 is 0. The summed E-state index contributed by atoms with van der Waals surface area (Å²) in [5.74, 6) is -1.02. The van der Waals surface area contributed by atoms with Crippen molar-refractivity contribution in [2.75, 3.05) is 5.32 Å². The Morgan fingerprint density at radius 3 is 2.65 bits per heavy atom. The molecular formula is C13H15NO3. The first-order valence-electron chi connectivity index (χ1n) is 5.34. The highest BCUT2D eigenvalue weighted by molar-refractivity contribution is 5.91. The van der Waals surface area contributed by atoms with Crippen molar-refractivity contribution in [3.63, 3.8) is 0 Å². The van der Waals surface area contributed by atoms with Crippen LogP contribution in [0.3, 0.4) is 0 Å². The summed E-state index contributed by atoms with van der Waals surface area (Å²) < 4.78 is 0. The second kappa shape index (κ2) is 5.84. The van der Waals surface area contributed by atoms with Crippen molar-refractivity contribution in [2.45, 2.75) is 20.3 Å². The van der Waals surface area contributed by atoms with Crippen LogP contribution < -0.4 is 5.32 Å². The van der Waals surface area contributed by atoms with Crippen LogP contribution in [0.2, 0.25) is 0 Å². The molecule has 0 aliphatic carbocycles. The Labute approximate surface area is 100.0 Å². The van der Waals surface area contributed by atoms with Gasteiger partial charge in [0.25, 0.3) is 0 Å². The summed E-state index contributed by atoms with van der Waals surface area (Å²) in [5.41, 5.74) is 2.45. The number of hydrogen-bond donors (Lipinski definition) is 2. The Morgan fingerprint density at radius 1 is 1.41 bits per heavy atom. The third-order valence-electron chi connectivity index (χ3n) is 2.26. The van der Waals surface area contributed by atoms with Gasteiger partial charge in [-0.05, 0) is 36.3 Å². The van der Waals surface area contributed by atoms with Crippen molar-refractivity contribution in [3.8, 4) is 0 Å². The molecule has 1 rings (SSSR count). The van der Waals surface area contributed by atoms with Gasteiger partial charge in [-0.3, -0.25) is 4.79 Å². The van der Waals surface area contributed by atoms with Gasteiger partial charge in [-0.2, -0.15) is 0 Å². The first-order valence-corrected chi connectivity index (χ1v) is 5.34. The zero-order valence-corrected chi connectivity index (χ0v) is 9.86. The van der Waals surface area contributed by atoms with Crippen molar-refractivity contribution < 1.29 is 14.7 Å². The van der Waals surface area contributed by atoms with Crippen molar-refractivity contribution in [1.29, 1.82) is 0 Å². The first-order chi connectivity index (χ1) is 8.02. The van der Waals surface area contributed by atoms with Crippen LogP contribution in [0.25, 0.3) is 6.08 Å². The van der Waals surface area contributed by atoms with E-state index < -0.39 is 5.97 Å². The smallest absolute Gasteiger partial charge is 0.328 e. The Kier molecular flexibility index (Phi) is 4.46. The molecule has 0 aliphatic heterocycles. The lowest BCUT2D eigenvalue weighted by atomic mass is 10.1. The van der Waals surface area contributed by atoms with E-state index in [2.05, 4.69) is 5.32 Å². The maximum atomic E-state index is 11.2. The summed E-state index contributed by atoms with van der Waals surface area (Å²) in [4.78, 5) is 21.6. The summed E-state index contributed by atoms with van der Waals surface area (Å²) in [6.45, 7) is 3.65. The van der Waals surface area contributed by atoms with E-state index in [1.807, 2.05) is 13.0 Å². The lowest BCUT2D eigenvalue weighted by Crippen LogP contribution is -2.10. The number of carbonyl (C=O) groups is 2. The molecule has 1 aromatic rings. The zero-order chi connectivity index (χ0) is 12.8. The Bertz CT molecular complexity index is 464. The molecule has 0 bridgehead atoms. The highest BCUT2D eigenvalue weighted by atomic mass is 16.4. The third kappa shape index (κ3) is 4.10. The fraction of sp³-hybridized carbons (Fsp3) is 0.231. The van der Waals surface area contributed by atoms with Crippen LogP contribution in [-0.4, -0.2) is 17.0 Å². The molecule has 4 heteroatoms. The van der Waals surface area contributed by atoms with E-state index in [1.54, 1.807) is 19.1 Å². The number of benzene rings is 1. The average Bonchev–Trinajstić information content (AvgIpc) is 2.29. The molecule has 4 nitrogen and oxygen atoms in total. The lowest BCUT2D eigenvalue weighted by molar-refractivity contribution is -0.131. The monoisotopic (exact) mass is 233 g/mol. The number of anilines is 1. The molecule has 2 N–H and O–H groups in total. The quantitative estimate of drug-likeness (QED) is 0.785. The van der Waals surface area contributed by atoms with E-state index in [-0.39, 0.29) is 5.91 Å². The van der Waals surface area contributed by atoms with E-state index in [0.717, 1.165) is 22.9 Å². The topological polar surface area (TPSA) is 66.4 Å².